The predicted molar refractivity (Wildman–Crippen MR) is 115 cm³/mol. The first kappa shape index (κ1) is 18.6. The van der Waals surface area contributed by atoms with Crippen LogP contribution < -0.4 is 9.64 Å². The molecule has 142 valence electrons. The van der Waals surface area contributed by atoms with E-state index in [2.05, 4.69) is 11.8 Å². The van der Waals surface area contributed by atoms with Crippen LogP contribution in [0.5, 0.6) is 5.75 Å². The fourth-order valence-electron chi connectivity index (χ4n) is 3.88. The summed E-state index contributed by atoms with van der Waals surface area (Å²) >= 11 is 7.86. The molecule has 1 fully saturated rings. The second-order valence-electron chi connectivity index (χ2n) is 7.36. The Hall–Kier alpha value is -1.78. The van der Waals surface area contributed by atoms with Gasteiger partial charge in [0.15, 0.2) is 5.13 Å². The third-order valence-electron chi connectivity index (χ3n) is 5.83. The average Bonchev–Trinajstić information content (AvgIpc) is 3.12. The molecule has 1 aliphatic rings. The summed E-state index contributed by atoms with van der Waals surface area (Å²) in [6.07, 6.45) is 4.70. The maximum atomic E-state index is 6.12. The molecule has 0 radical (unpaired) electrons. The van der Waals surface area contributed by atoms with E-state index in [1.807, 2.05) is 48.5 Å². The standard InChI is InChI=1S/C22H25ClN2OS/c1-2-22(12-15-26-18-6-4-3-5-7-18)10-13-25(14-11-22)21-24-19-9-8-17(23)16-20(19)27-21/h3-9,16H,2,10-15H2,1H3. The molecule has 0 bridgehead atoms. The summed E-state index contributed by atoms with van der Waals surface area (Å²) < 4.78 is 7.13. The summed E-state index contributed by atoms with van der Waals surface area (Å²) in [6.45, 7) is 5.23. The normalized spacial score (nSPS) is 16.6. The van der Waals surface area contributed by atoms with Crippen LogP contribution in [0, 0.1) is 5.41 Å². The molecule has 0 atom stereocenters. The number of fused-ring (bicyclic) bond motifs is 1. The molecule has 1 aliphatic heterocycles. The van der Waals surface area contributed by atoms with Gasteiger partial charge in [0.05, 0.1) is 16.8 Å². The number of piperidine rings is 1. The van der Waals surface area contributed by atoms with Crippen LogP contribution in [-0.2, 0) is 0 Å². The Morgan fingerprint density at radius 2 is 1.93 bits per heavy atom. The van der Waals surface area contributed by atoms with Crippen LogP contribution in [0.25, 0.3) is 10.2 Å². The molecular weight excluding hydrogens is 376 g/mol. The van der Waals surface area contributed by atoms with Gasteiger partial charge in [-0.15, -0.1) is 0 Å². The lowest BCUT2D eigenvalue weighted by atomic mass is 9.74. The van der Waals surface area contributed by atoms with Gasteiger partial charge in [0.25, 0.3) is 0 Å². The molecule has 0 amide bonds. The second-order valence-corrected chi connectivity index (χ2v) is 8.81. The first-order chi connectivity index (χ1) is 13.2. The van der Waals surface area contributed by atoms with Gasteiger partial charge in [-0.05, 0) is 55.0 Å². The summed E-state index contributed by atoms with van der Waals surface area (Å²) in [6, 6.07) is 16.1. The molecule has 5 heteroatoms. The first-order valence-corrected chi connectivity index (χ1v) is 10.9. The van der Waals surface area contributed by atoms with Crippen LogP contribution in [-0.4, -0.2) is 24.7 Å². The number of halogens is 1. The molecule has 0 spiro atoms. The zero-order valence-electron chi connectivity index (χ0n) is 15.7. The number of rotatable bonds is 6. The fourth-order valence-corrected chi connectivity index (χ4v) is 5.17. The molecule has 0 saturated carbocycles. The second kappa shape index (κ2) is 8.07. The summed E-state index contributed by atoms with van der Waals surface area (Å²) in [4.78, 5) is 7.25. The zero-order chi connectivity index (χ0) is 18.7. The minimum atomic E-state index is 0.380. The van der Waals surface area contributed by atoms with E-state index in [9.17, 15) is 0 Å². The van der Waals surface area contributed by atoms with Crippen LogP contribution >= 0.6 is 22.9 Å². The third kappa shape index (κ3) is 4.22. The molecule has 1 aromatic heterocycles. The molecule has 2 heterocycles. The Bertz CT molecular complexity index is 888. The number of aromatic nitrogens is 1. The van der Waals surface area contributed by atoms with Crippen molar-refractivity contribution < 1.29 is 4.74 Å². The number of nitrogens with zero attached hydrogens (tertiary/aromatic N) is 2. The van der Waals surface area contributed by atoms with Gasteiger partial charge in [0.1, 0.15) is 5.75 Å². The Labute approximate surface area is 169 Å². The van der Waals surface area contributed by atoms with E-state index in [1.165, 1.54) is 24.0 Å². The molecule has 3 aromatic rings. The smallest absolute Gasteiger partial charge is 0.186 e. The van der Waals surface area contributed by atoms with Crippen molar-refractivity contribution >= 4 is 38.3 Å². The topological polar surface area (TPSA) is 25.4 Å². The molecule has 3 nitrogen and oxygen atoms in total. The van der Waals surface area contributed by atoms with Crippen molar-refractivity contribution in [2.45, 2.75) is 32.6 Å². The van der Waals surface area contributed by atoms with E-state index in [-0.39, 0.29) is 0 Å². The van der Waals surface area contributed by atoms with E-state index in [0.29, 0.717) is 5.41 Å². The predicted octanol–water partition coefficient (Wildman–Crippen LogP) is 6.42. The van der Waals surface area contributed by atoms with Crippen LogP contribution in [0.1, 0.15) is 32.6 Å². The van der Waals surface area contributed by atoms with E-state index in [4.69, 9.17) is 21.3 Å². The van der Waals surface area contributed by atoms with Gasteiger partial charge in [-0.2, -0.15) is 0 Å². The quantitative estimate of drug-likeness (QED) is 0.477. The number of thiazole rings is 1. The Morgan fingerprint density at radius 1 is 1.15 bits per heavy atom. The van der Waals surface area contributed by atoms with Crippen molar-refractivity contribution in [2.24, 2.45) is 5.41 Å². The van der Waals surface area contributed by atoms with Gasteiger partial charge < -0.3 is 9.64 Å². The number of benzene rings is 2. The summed E-state index contributed by atoms with van der Waals surface area (Å²) in [5, 5.41) is 1.90. The van der Waals surface area contributed by atoms with E-state index in [1.54, 1.807) is 11.3 Å². The fraction of sp³-hybridized carbons (Fsp3) is 0.409. The van der Waals surface area contributed by atoms with E-state index >= 15 is 0 Å². The molecular formula is C22H25ClN2OS. The highest BCUT2D eigenvalue weighted by atomic mass is 35.5. The van der Waals surface area contributed by atoms with E-state index in [0.717, 1.165) is 47.5 Å². The lowest BCUT2D eigenvalue weighted by Gasteiger charge is -2.41. The van der Waals surface area contributed by atoms with Crippen molar-refractivity contribution in [2.75, 3.05) is 24.6 Å². The minimum Gasteiger partial charge on any atom is -0.494 e. The van der Waals surface area contributed by atoms with Gasteiger partial charge in [-0.3, -0.25) is 0 Å². The molecule has 4 rings (SSSR count). The Balaban J connectivity index is 1.36. The van der Waals surface area contributed by atoms with Crippen molar-refractivity contribution in [1.29, 1.82) is 0 Å². The van der Waals surface area contributed by atoms with E-state index < -0.39 is 0 Å². The van der Waals surface area contributed by atoms with Crippen LogP contribution in [0.2, 0.25) is 5.02 Å². The highest BCUT2D eigenvalue weighted by Crippen LogP contribution is 2.41. The number of para-hydroxylation sites is 1. The van der Waals surface area contributed by atoms with Gasteiger partial charge >= 0.3 is 0 Å². The molecule has 27 heavy (non-hydrogen) atoms. The lowest BCUT2D eigenvalue weighted by Crippen LogP contribution is -2.40. The van der Waals surface area contributed by atoms with Crippen molar-refractivity contribution in [3.05, 3.63) is 53.6 Å². The maximum absolute atomic E-state index is 6.12. The van der Waals surface area contributed by atoms with Crippen molar-refractivity contribution in [1.82, 2.24) is 4.98 Å². The van der Waals surface area contributed by atoms with Gasteiger partial charge in [-0.1, -0.05) is 54.5 Å². The first-order valence-electron chi connectivity index (χ1n) is 9.66. The van der Waals surface area contributed by atoms with Gasteiger partial charge in [0.2, 0.25) is 0 Å². The molecule has 1 saturated heterocycles. The Morgan fingerprint density at radius 3 is 2.67 bits per heavy atom. The van der Waals surface area contributed by atoms with Crippen LogP contribution in [0.4, 0.5) is 5.13 Å². The molecule has 2 aromatic carbocycles. The summed E-state index contributed by atoms with van der Waals surface area (Å²) in [5.41, 5.74) is 1.42. The largest absolute Gasteiger partial charge is 0.494 e. The number of hydrogen-bond acceptors (Lipinski definition) is 4. The number of anilines is 1. The third-order valence-corrected chi connectivity index (χ3v) is 7.14. The van der Waals surface area contributed by atoms with Crippen molar-refractivity contribution in [3.63, 3.8) is 0 Å². The SMILES string of the molecule is CCC1(CCOc2ccccc2)CCN(c2nc3ccc(Cl)cc3s2)CC1. The summed E-state index contributed by atoms with van der Waals surface area (Å²) in [7, 11) is 0. The zero-order valence-corrected chi connectivity index (χ0v) is 17.2. The van der Waals surface area contributed by atoms with Crippen LogP contribution in [0.3, 0.4) is 0 Å². The molecule has 0 aliphatic carbocycles. The molecule has 0 unspecified atom stereocenters. The van der Waals surface area contributed by atoms with Gasteiger partial charge in [0, 0.05) is 18.1 Å². The lowest BCUT2D eigenvalue weighted by molar-refractivity contribution is 0.149. The highest BCUT2D eigenvalue weighted by Gasteiger charge is 2.33. The molecule has 0 N–H and O–H groups in total. The average molecular weight is 401 g/mol. The minimum absolute atomic E-state index is 0.380. The van der Waals surface area contributed by atoms with Crippen LogP contribution in [0.15, 0.2) is 48.5 Å². The van der Waals surface area contributed by atoms with Gasteiger partial charge in [-0.25, -0.2) is 4.98 Å². The van der Waals surface area contributed by atoms with Crippen molar-refractivity contribution in [3.8, 4) is 5.75 Å². The number of ether oxygens (including phenoxy) is 1. The highest BCUT2D eigenvalue weighted by molar-refractivity contribution is 7.22. The summed E-state index contributed by atoms with van der Waals surface area (Å²) in [5.74, 6) is 0.967. The Kier molecular flexibility index (Phi) is 5.55. The maximum Gasteiger partial charge on any atom is 0.186 e. The monoisotopic (exact) mass is 400 g/mol. The number of hydrogen-bond donors (Lipinski definition) is 0.